The van der Waals surface area contributed by atoms with Gasteiger partial charge in [0.1, 0.15) is 17.0 Å². The number of fused-ring (bicyclic) bond motifs is 5. The number of hydrogen-bond acceptors (Lipinski definition) is 6. The first kappa shape index (κ1) is 10.9. The average molecular weight is 251 g/mol. The van der Waals surface area contributed by atoms with Crippen LogP contribution in [0.5, 0.6) is 0 Å². The van der Waals surface area contributed by atoms with E-state index in [4.69, 9.17) is 4.63 Å². The summed E-state index contributed by atoms with van der Waals surface area (Å²) >= 11 is 0. The molecule has 3 aliphatic rings. The van der Waals surface area contributed by atoms with Crippen molar-refractivity contribution in [2.24, 2.45) is 5.92 Å². The molecule has 18 heavy (non-hydrogen) atoms. The minimum Gasteiger partial charge on any atom is -0.381 e. The van der Waals surface area contributed by atoms with Gasteiger partial charge in [0.2, 0.25) is 0 Å². The van der Waals surface area contributed by atoms with E-state index in [1.54, 1.807) is 0 Å². The predicted octanol–water partition coefficient (Wildman–Crippen LogP) is 0.836. The lowest BCUT2D eigenvalue weighted by atomic mass is 9.70. The van der Waals surface area contributed by atoms with Crippen molar-refractivity contribution in [1.29, 1.82) is 0 Å². The van der Waals surface area contributed by atoms with Crippen molar-refractivity contribution in [3.63, 3.8) is 0 Å². The molecule has 0 aromatic carbocycles. The Morgan fingerprint density at radius 3 is 2.94 bits per heavy atom. The smallest absolute Gasteiger partial charge is 0.141 e. The van der Waals surface area contributed by atoms with Gasteiger partial charge in [0.05, 0.1) is 6.04 Å². The standard InChI is InChI=1S/C12H17N3O3/c16-12-7-3-1-2-4-9(7)15(17)10(12)6-5-8-11(12)14-18-13-8/h7,9-10,16-17H,1-6H2. The van der Waals surface area contributed by atoms with E-state index < -0.39 is 5.60 Å². The van der Waals surface area contributed by atoms with Crippen molar-refractivity contribution >= 4 is 0 Å². The monoisotopic (exact) mass is 251 g/mol. The predicted molar refractivity (Wildman–Crippen MR) is 59.7 cm³/mol. The van der Waals surface area contributed by atoms with Crippen LogP contribution in [0.4, 0.5) is 0 Å². The maximum absolute atomic E-state index is 11.2. The number of rotatable bonds is 0. The molecule has 4 rings (SSSR count). The molecule has 6 nitrogen and oxygen atoms in total. The van der Waals surface area contributed by atoms with Crippen LogP contribution in [0.2, 0.25) is 0 Å². The number of aromatic nitrogens is 2. The summed E-state index contributed by atoms with van der Waals surface area (Å²) < 4.78 is 4.80. The zero-order valence-corrected chi connectivity index (χ0v) is 10.1. The van der Waals surface area contributed by atoms with Gasteiger partial charge < -0.3 is 10.3 Å². The van der Waals surface area contributed by atoms with E-state index in [2.05, 4.69) is 10.3 Å². The summed E-state index contributed by atoms with van der Waals surface area (Å²) in [6, 6.07) is -0.207. The molecule has 2 N–H and O–H groups in total. The van der Waals surface area contributed by atoms with E-state index >= 15 is 0 Å². The largest absolute Gasteiger partial charge is 0.381 e. The van der Waals surface area contributed by atoms with Crippen LogP contribution in [0.1, 0.15) is 43.5 Å². The highest BCUT2D eigenvalue weighted by Gasteiger charge is 2.63. The van der Waals surface area contributed by atoms with Gasteiger partial charge in [0.25, 0.3) is 0 Å². The third-order valence-corrected chi connectivity index (χ3v) is 5.05. The Morgan fingerprint density at radius 1 is 1.22 bits per heavy atom. The van der Waals surface area contributed by atoms with Gasteiger partial charge in [-0.3, -0.25) is 0 Å². The summed E-state index contributed by atoms with van der Waals surface area (Å²) in [5.41, 5.74) is 0.244. The zero-order valence-electron chi connectivity index (χ0n) is 10.1. The third kappa shape index (κ3) is 1.13. The fraction of sp³-hybridized carbons (Fsp3) is 0.833. The summed E-state index contributed by atoms with van der Waals surface area (Å²) in [6.07, 6.45) is 5.51. The van der Waals surface area contributed by atoms with Crippen molar-refractivity contribution < 1.29 is 14.9 Å². The van der Waals surface area contributed by atoms with Crippen LogP contribution in [0.15, 0.2) is 4.63 Å². The minimum absolute atomic E-state index is 0.0483. The lowest BCUT2D eigenvalue weighted by Crippen LogP contribution is -2.47. The van der Waals surface area contributed by atoms with Crippen molar-refractivity contribution in [3.8, 4) is 0 Å². The maximum atomic E-state index is 11.2. The van der Waals surface area contributed by atoms with Crippen LogP contribution < -0.4 is 0 Å². The van der Waals surface area contributed by atoms with E-state index in [0.29, 0.717) is 18.5 Å². The molecule has 0 bridgehead atoms. The molecular formula is C12H17N3O3. The number of hydrogen-bond donors (Lipinski definition) is 2. The lowest BCUT2D eigenvalue weighted by molar-refractivity contribution is -0.163. The summed E-state index contributed by atoms with van der Waals surface area (Å²) in [5.74, 6) is 0.0483. The highest BCUT2D eigenvalue weighted by molar-refractivity contribution is 5.29. The second-order valence-electron chi connectivity index (χ2n) is 5.78. The van der Waals surface area contributed by atoms with Gasteiger partial charge in [0.15, 0.2) is 0 Å². The first-order chi connectivity index (χ1) is 8.73. The van der Waals surface area contributed by atoms with E-state index in [9.17, 15) is 10.3 Å². The van der Waals surface area contributed by atoms with Crippen LogP contribution in [0.3, 0.4) is 0 Å². The molecule has 4 atom stereocenters. The van der Waals surface area contributed by atoms with Gasteiger partial charge in [-0.1, -0.05) is 23.2 Å². The molecule has 2 aliphatic carbocycles. The molecule has 1 aromatic rings. The van der Waals surface area contributed by atoms with Crippen molar-refractivity contribution in [3.05, 3.63) is 11.4 Å². The van der Waals surface area contributed by atoms with Crippen molar-refractivity contribution in [2.75, 3.05) is 0 Å². The lowest BCUT2D eigenvalue weighted by Gasteiger charge is -2.37. The highest BCUT2D eigenvalue weighted by Crippen LogP contribution is 2.53. The molecule has 0 amide bonds. The number of aryl methyl sites for hydroxylation is 1. The molecule has 98 valence electrons. The zero-order chi connectivity index (χ0) is 12.3. The molecular weight excluding hydrogens is 234 g/mol. The van der Waals surface area contributed by atoms with Gasteiger partial charge in [-0.15, -0.1) is 0 Å². The summed E-state index contributed by atoms with van der Waals surface area (Å²) in [5, 5.41) is 30.7. The van der Waals surface area contributed by atoms with Crippen LogP contribution in [0, 0.1) is 5.92 Å². The van der Waals surface area contributed by atoms with Gasteiger partial charge in [0, 0.05) is 12.0 Å². The molecule has 2 heterocycles. The summed E-state index contributed by atoms with van der Waals surface area (Å²) in [6.45, 7) is 0. The van der Waals surface area contributed by atoms with E-state index in [1.165, 1.54) is 5.06 Å². The quantitative estimate of drug-likeness (QED) is 0.711. The Morgan fingerprint density at radius 2 is 2.06 bits per heavy atom. The van der Waals surface area contributed by atoms with Crippen LogP contribution in [-0.2, 0) is 12.0 Å². The fourth-order valence-electron chi connectivity index (χ4n) is 4.26. The summed E-state index contributed by atoms with van der Waals surface area (Å²) in [7, 11) is 0. The molecule has 2 fully saturated rings. The first-order valence-corrected chi connectivity index (χ1v) is 6.74. The Hall–Kier alpha value is -0.980. The second-order valence-corrected chi connectivity index (χ2v) is 5.78. The van der Waals surface area contributed by atoms with Gasteiger partial charge >= 0.3 is 0 Å². The Balaban J connectivity index is 1.85. The number of hydroxylamine groups is 2. The molecule has 1 aromatic heterocycles. The van der Waals surface area contributed by atoms with Gasteiger partial charge in [-0.2, -0.15) is 5.06 Å². The topological polar surface area (TPSA) is 82.6 Å². The average Bonchev–Trinajstić information content (AvgIpc) is 2.94. The fourth-order valence-corrected chi connectivity index (χ4v) is 4.26. The van der Waals surface area contributed by atoms with Crippen LogP contribution in [0.25, 0.3) is 0 Å². The molecule has 1 saturated heterocycles. The third-order valence-electron chi connectivity index (χ3n) is 5.05. The molecule has 0 spiro atoms. The molecule has 1 saturated carbocycles. The van der Waals surface area contributed by atoms with E-state index in [0.717, 1.165) is 31.4 Å². The van der Waals surface area contributed by atoms with Crippen molar-refractivity contribution in [1.82, 2.24) is 15.4 Å². The molecule has 0 radical (unpaired) electrons. The second kappa shape index (κ2) is 3.53. The Labute approximate surface area is 105 Å². The Kier molecular flexibility index (Phi) is 2.13. The summed E-state index contributed by atoms with van der Waals surface area (Å²) in [4.78, 5) is 0. The van der Waals surface area contributed by atoms with Gasteiger partial charge in [-0.05, 0) is 25.7 Å². The maximum Gasteiger partial charge on any atom is 0.141 e. The molecule has 6 heteroatoms. The molecule has 1 aliphatic heterocycles. The number of aliphatic hydroxyl groups is 1. The highest BCUT2D eigenvalue weighted by atomic mass is 16.6. The molecule has 4 unspecified atom stereocenters. The number of nitrogens with zero attached hydrogens (tertiary/aromatic N) is 3. The van der Waals surface area contributed by atoms with Gasteiger partial charge in [-0.25, -0.2) is 4.63 Å². The van der Waals surface area contributed by atoms with E-state index in [1.807, 2.05) is 0 Å². The Bertz CT molecular complexity index is 477. The van der Waals surface area contributed by atoms with Crippen LogP contribution >= 0.6 is 0 Å². The van der Waals surface area contributed by atoms with E-state index in [-0.39, 0.29) is 18.0 Å². The SMILES string of the molecule is ON1C2CCCCC2C2(O)c3nonc3CCC12. The first-order valence-electron chi connectivity index (χ1n) is 6.74. The minimum atomic E-state index is -1.08. The van der Waals surface area contributed by atoms with Crippen molar-refractivity contribution in [2.45, 2.75) is 56.2 Å². The normalized spacial score (nSPS) is 43.3. The van der Waals surface area contributed by atoms with Crippen LogP contribution in [-0.4, -0.2) is 37.8 Å².